The Kier molecular flexibility index (Phi) is 3.33. The first-order valence-corrected chi connectivity index (χ1v) is 5.53. The van der Waals surface area contributed by atoms with Gasteiger partial charge in [0.05, 0.1) is 4.92 Å². The van der Waals surface area contributed by atoms with Gasteiger partial charge in [0.2, 0.25) is 0 Å². The normalized spacial score (nSPS) is 24.9. The van der Waals surface area contributed by atoms with Gasteiger partial charge in [0.25, 0.3) is 0 Å². The van der Waals surface area contributed by atoms with Crippen LogP contribution in [0.15, 0.2) is 54.6 Å². The number of nitro groups is 1. The second kappa shape index (κ2) is 4.93. The van der Waals surface area contributed by atoms with Crippen LogP contribution in [0.4, 0.5) is 0 Å². The summed E-state index contributed by atoms with van der Waals surface area (Å²) in [5, 5.41) is 20.5. The smallest absolute Gasteiger partial charge is 0.400 e. The van der Waals surface area contributed by atoms with Crippen LogP contribution in [0.25, 0.3) is 0 Å². The van der Waals surface area contributed by atoms with E-state index in [1.807, 2.05) is 0 Å². The zero-order chi connectivity index (χ0) is 13.9. The van der Waals surface area contributed by atoms with Crippen LogP contribution in [0.3, 0.4) is 0 Å². The van der Waals surface area contributed by atoms with Crippen molar-refractivity contribution in [2.45, 2.75) is 5.72 Å². The zero-order valence-electron chi connectivity index (χ0n) is 9.80. The Bertz CT molecular complexity index is 551. The lowest BCUT2D eigenvalue weighted by molar-refractivity contribution is -0.605. The number of ether oxygens (including phenoxy) is 1. The Morgan fingerprint density at radius 2 is 2.00 bits per heavy atom. The number of nitrogens with zero attached hydrogens (tertiary/aromatic N) is 1. The number of carbonyl (C=O) groups is 1. The molecular formula is C13H11NO5. The Hall–Kier alpha value is -2.63. The van der Waals surface area contributed by atoms with Gasteiger partial charge in [0, 0.05) is 6.08 Å². The molecule has 0 amide bonds. The van der Waals surface area contributed by atoms with E-state index in [2.05, 4.69) is 0 Å². The van der Waals surface area contributed by atoms with E-state index >= 15 is 0 Å². The van der Waals surface area contributed by atoms with E-state index in [9.17, 15) is 14.9 Å². The highest BCUT2D eigenvalue weighted by molar-refractivity contribution is 5.74. The molecule has 1 aromatic carbocycles. The Morgan fingerprint density at radius 3 is 2.58 bits per heavy atom. The number of carboxylic acid groups (broad SMARTS) is 1. The van der Waals surface area contributed by atoms with E-state index in [0.29, 0.717) is 0 Å². The summed E-state index contributed by atoms with van der Waals surface area (Å²) in [6, 6.07) is 8.12. The van der Waals surface area contributed by atoms with Crippen molar-refractivity contribution >= 4 is 5.97 Å². The minimum Gasteiger partial charge on any atom is -0.480 e. The van der Waals surface area contributed by atoms with Crippen molar-refractivity contribution in [3.05, 3.63) is 64.8 Å². The first kappa shape index (κ1) is 12.8. The highest BCUT2D eigenvalue weighted by Crippen LogP contribution is 2.31. The molecule has 0 fully saturated rings. The summed E-state index contributed by atoms with van der Waals surface area (Å²) >= 11 is 0. The van der Waals surface area contributed by atoms with E-state index in [-0.39, 0.29) is 5.75 Å². The standard InChI is InChI=1S/C13H11NO5/c15-12(16)11-8-4-5-9-13(11,14(17)18)19-10-6-2-1-3-7-10/h1-9,11H,(H,15,16). The van der Waals surface area contributed by atoms with E-state index in [0.717, 1.165) is 6.08 Å². The monoisotopic (exact) mass is 261 g/mol. The molecule has 0 saturated carbocycles. The van der Waals surface area contributed by atoms with Crippen molar-refractivity contribution < 1.29 is 19.6 Å². The van der Waals surface area contributed by atoms with Crippen LogP contribution >= 0.6 is 0 Å². The minimum absolute atomic E-state index is 0.241. The summed E-state index contributed by atoms with van der Waals surface area (Å²) in [6.45, 7) is 0. The van der Waals surface area contributed by atoms with Gasteiger partial charge in [0.15, 0.2) is 5.92 Å². The van der Waals surface area contributed by atoms with Crippen molar-refractivity contribution in [3.8, 4) is 5.75 Å². The molecule has 0 spiro atoms. The number of para-hydroxylation sites is 1. The molecule has 2 atom stereocenters. The molecule has 0 aromatic heterocycles. The average Bonchev–Trinajstić information content (AvgIpc) is 2.40. The predicted octanol–water partition coefficient (Wildman–Crippen LogP) is 1.87. The van der Waals surface area contributed by atoms with E-state index < -0.39 is 22.5 Å². The molecule has 1 aliphatic rings. The number of benzene rings is 1. The van der Waals surface area contributed by atoms with Crippen molar-refractivity contribution in [1.29, 1.82) is 0 Å². The fourth-order valence-electron chi connectivity index (χ4n) is 1.86. The maximum absolute atomic E-state index is 11.3. The quantitative estimate of drug-likeness (QED) is 0.507. The molecule has 19 heavy (non-hydrogen) atoms. The molecule has 6 heteroatoms. The Morgan fingerprint density at radius 1 is 1.32 bits per heavy atom. The molecule has 0 saturated heterocycles. The number of aliphatic carboxylic acids is 1. The number of carboxylic acids is 1. The maximum Gasteiger partial charge on any atom is 0.400 e. The predicted molar refractivity (Wildman–Crippen MR) is 66.2 cm³/mol. The van der Waals surface area contributed by atoms with Gasteiger partial charge in [-0.2, -0.15) is 0 Å². The van der Waals surface area contributed by atoms with Gasteiger partial charge in [-0.05, 0) is 12.1 Å². The summed E-state index contributed by atoms with van der Waals surface area (Å²) in [4.78, 5) is 21.8. The van der Waals surface area contributed by atoms with Gasteiger partial charge in [-0.3, -0.25) is 14.9 Å². The van der Waals surface area contributed by atoms with Gasteiger partial charge >= 0.3 is 11.7 Å². The van der Waals surface area contributed by atoms with Crippen LogP contribution in [-0.2, 0) is 4.79 Å². The summed E-state index contributed by atoms with van der Waals surface area (Å²) in [6.07, 6.45) is 5.26. The van der Waals surface area contributed by atoms with Gasteiger partial charge < -0.3 is 9.84 Å². The van der Waals surface area contributed by atoms with Gasteiger partial charge in [-0.1, -0.05) is 36.4 Å². The molecule has 1 aromatic rings. The lowest BCUT2D eigenvalue weighted by atomic mass is 9.91. The Labute approximate surface area is 108 Å². The number of rotatable bonds is 4. The molecule has 0 radical (unpaired) electrons. The van der Waals surface area contributed by atoms with Crippen LogP contribution in [0.5, 0.6) is 5.75 Å². The molecule has 0 aliphatic heterocycles. The van der Waals surface area contributed by atoms with E-state index in [1.165, 1.54) is 30.4 Å². The van der Waals surface area contributed by atoms with Crippen LogP contribution in [0.1, 0.15) is 0 Å². The third-order valence-electron chi connectivity index (χ3n) is 2.77. The van der Waals surface area contributed by atoms with Gasteiger partial charge in [-0.15, -0.1) is 0 Å². The number of hydrogen-bond acceptors (Lipinski definition) is 4. The molecule has 1 aliphatic carbocycles. The lowest BCUT2D eigenvalue weighted by Crippen LogP contribution is -2.52. The van der Waals surface area contributed by atoms with Gasteiger partial charge in [-0.25, -0.2) is 0 Å². The van der Waals surface area contributed by atoms with Crippen molar-refractivity contribution in [2.75, 3.05) is 0 Å². The van der Waals surface area contributed by atoms with E-state index in [1.54, 1.807) is 18.2 Å². The van der Waals surface area contributed by atoms with E-state index in [4.69, 9.17) is 9.84 Å². The molecule has 98 valence electrons. The zero-order valence-corrected chi connectivity index (χ0v) is 9.80. The first-order valence-electron chi connectivity index (χ1n) is 5.53. The van der Waals surface area contributed by atoms with Crippen LogP contribution in [0.2, 0.25) is 0 Å². The molecule has 1 N–H and O–H groups in total. The molecule has 0 bridgehead atoms. The Balaban J connectivity index is 2.42. The average molecular weight is 261 g/mol. The molecule has 0 heterocycles. The largest absolute Gasteiger partial charge is 0.480 e. The fourth-order valence-corrected chi connectivity index (χ4v) is 1.86. The first-order chi connectivity index (χ1) is 9.06. The van der Waals surface area contributed by atoms with Crippen LogP contribution in [0, 0.1) is 16.0 Å². The molecule has 6 nitrogen and oxygen atoms in total. The molecule has 2 unspecified atom stereocenters. The number of hydrogen-bond donors (Lipinski definition) is 1. The fraction of sp³-hybridized carbons (Fsp3) is 0.154. The van der Waals surface area contributed by atoms with Crippen molar-refractivity contribution in [1.82, 2.24) is 0 Å². The summed E-state index contributed by atoms with van der Waals surface area (Å²) in [7, 11) is 0. The maximum atomic E-state index is 11.3. The van der Waals surface area contributed by atoms with Crippen molar-refractivity contribution in [2.24, 2.45) is 5.92 Å². The molecular weight excluding hydrogens is 250 g/mol. The topological polar surface area (TPSA) is 89.7 Å². The SMILES string of the molecule is O=C(O)C1C=CC=CC1(Oc1ccccc1)[N+](=O)[O-]. The van der Waals surface area contributed by atoms with Crippen LogP contribution < -0.4 is 4.74 Å². The second-order valence-corrected chi connectivity index (χ2v) is 3.98. The van der Waals surface area contributed by atoms with Crippen LogP contribution in [-0.4, -0.2) is 21.7 Å². The lowest BCUT2D eigenvalue weighted by Gasteiger charge is -2.28. The third-order valence-corrected chi connectivity index (χ3v) is 2.77. The molecule has 2 rings (SSSR count). The highest BCUT2D eigenvalue weighted by atomic mass is 16.7. The summed E-state index contributed by atoms with van der Waals surface area (Å²) in [5.74, 6) is -2.45. The van der Waals surface area contributed by atoms with Crippen molar-refractivity contribution in [3.63, 3.8) is 0 Å². The number of allylic oxidation sites excluding steroid dienone is 2. The summed E-state index contributed by atoms with van der Waals surface area (Å²) < 4.78 is 5.36. The highest BCUT2D eigenvalue weighted by Gasteiger charge is 2.55. The summed E-state index contributed by atoms with van der Waals surface area (Å²) in [5.41, 5.74) is -2.12. The third kappa shape index (κ3) is 2.33. The second-order valence-electron chi connectivity index (χ2n) is 3.98. The van der Waals surface area contributed by atoms with Gasteiger partial charge in [0.1, 0.15) is 5.75 Å². The minimum atomic E-state index is -2.12.